The van der Waals surface area contributed by atoms with Gasteiger partial charge < -0.3 is 14.8 Å². The summed E-state index contributed by atoms with van der Waals surface area (Å²) in [7, 11) is 0. The number of hydrogen-bond donors (Lipinski definition) is 1. The molecule has 0 bridgehead atoms. The molecule has 1 aromatic heterocycles. The Bertz CT molecular complexity index is 1290. The quantitative estimate of drug-likeness (QED) is 0.363. The lowest BCUT2D eigenvalue weighted by atomic mass is 9.87. The van der Waals surface area contributed by atoms with Crippen LogP contribution in [0.4, 0.5) is 4.39 Å². The molecule has 196 valence electrons. The lowest BCUT2D eigenvalue weighted by molar-refractivity contribution is -0.138. The van der Waals surface area contributed by atoms with E-state index in [4.69, 9.17) is 23.2 Å². The number of amides is 1. The van der Waals surface area contributed by atoms with Gasteiger partial charge in [-0.3, -0.25) is 4.79 Å². The van der Waals surface area contributed by atoms with Crippen molar-refractivity contribution in [2.75, 3.05) is 26.2 Å². The normalized spacial score (nSPS) is 21.6. The van der Waals surface area contributed by atoms with Gasteiger partial charge in [0.05, 0.1) is 16.1 Å². The van der Waals surface area contributed by atoms with E-state index >= 15 is 0 Å². The van der Waals surface area contributed by atoms with E-state index in [1.165, 1.54) is 17.2 Å². The fourth-order valence-corrected chi connectivity index (χ4v) is 7.38. The number of carbonyl (C=O) groups is 1. The maximum atomic E-state index is 13.9. The second-order valence-corrected chi connectivity index (χ2v) is 11.8. The van der Waals surface area contributed by atoms with E-state index in [0.717, 1.165) is 87.5 Å². The number of nitrogens with zero attached hydrogens (tertiary/aromatic N) is 2. The highest BCUT2D eigenvalue weighted by Gasteiger charge is 2.36. The first-order valence-corrected chi connectivity index (χ1v) is 14.5. The molecule has 7 heteroatoms. The van der Waals surface area contributed by atoms with Gasteiger partial charge in [0.1, 0.15) is 5.82 Å². The number of benzene rings is 2. The summed E-state index contributed by atoms with van der Waals surface area (Å²) < 4.78 is 13.9. The smallest absolute Gasteiger partial charge is 0.226 e. The van der Waals surface area contributed by atoms with Crippen LogP contribution in [0.2, 0.25) is 10.0 Å². The standard InChI is InChI=1S/C30H34Cl2FN3O/c31-26-7-6-22-23(29(26)32)11-16-36(30(37)20-3-1-2-4-20)28(22)12-15-35-13-9-19(10-14-35)25-18-34-27-8-5-21(33)17-24(25)27/h5-8,17-20,28,34H,1-4,9-16H2. The van der Waals surface area contributed by atoms with Crippen LogP contribution in [0.5, 0.6) is 0 Å². The molecule has 3 aliphatic rings. The Balaban J connectivity index is 1.15. The maximum absolute atomic E-state index is 13.9. The zero-order valence-corrected chi connectivity index (χ0v) is 22.6. The number of aromatic nitrogens is 1. The van der Waals surface area contributed by atoms with Gasteiger partial charge >= 0.3 is 0 Å². The van der Waals surface area contributed by atoms with E-state index in [9.17, 15) is 9.18 Å². The molecule has 4 nitrogen and oxygen atoms in total. The lowest BCUT2D eigenvalue weighted by Gasteiger charge is -2.41. The van der Waals surface area contributed by atoms with Gasteiger partial charge in [-0.15, -0.1) is 0 Å². The van der Waals surface area contributed by atoms with Crippen molar-refractivity contribution in [1.82, 2.24) is 14.8 Å². The van der Waals surface area contributed by atoms with Crippen LogP contribution < -0.4 is 0 Å². The molecule has 1 aliphatic carbocycles. The first-order chi connectivity index (χ1) is 18.0. The zero-order chi connectivity index (χ0) is 25.5. The summed E-state index contributed by atoms with van der Waals surface area (Å²) in [5.41, 5.74) is 4.51. The fraction of sp³-hybridized carbons (Fsp3) is 0.500. The van der Waals surface area contributed by atoms with Crippen molar-refractivity contribution >= 4 is 40.0 Å². The molecule has 1 atom stereocenters. The predicted octanol–water partition coefficient (Wildman–Crippen LogP) is 7.50. The van der Waals surface area contributed by atoms with Gasteiger partial charge in [0.15, 0.2) is 0 Å². The Hall–Kier alpha value is -2.08. The molecular weight excluding hydrogens is 508 g/mol. The van der Waals surface area contributed by atoms with Gasteiger partial charge in [0.25, 0.3) is 0 Å². The van der Waals surface area contributed by atoms with E-state index in [0.29, 0.717) is 28.4 Å². The Morgan fingerprint density at radius 1 is 1.00 bits per heavy atom. The molecule has 1 amide bonds. The van der Waals surface area contributed by atoms with Crippen molar-refractivity contribution in [2.24, 2.45) is 5.92 Å². The number of fused-ring (bicyclic) bond motifs is 2. The second kappa shape index (κ2) is 10.6. The number of hydrogen-bond acceptors (Lipinski definition) is 2. The molecule has 6 rings (SSSR count). The van der Waals surface area contributed by atoms with Crippen molar-refractivity contribution in [1.29, 1.82) is 0 Å². The van der Waals surface area contributed by atoms with E-state index in [-0.39, 0.29) is 17.8 Å². The van der Waals surface area contributed by atoms with Gasteiger partial charge in [0.2, 0.25) is 5.91 Å². The summed E-state index contributed by atoms with van der Waals surface area (Å²) in [6.45, 7) is 3.66. The average Bonchev–Trinajstić information content (AvgIpc) is 3.60. The van der Waals surface area contributed by atoms with Crippen LogP contribution in [-0.2, 0) is 11.2 Å². The van der Waals surface area contributed by atoms with Crippen LogP contribution in [0, 0.1) is 11.7 Å². The second-order valence-electron chi connectivity index (χ2n) is 11.0. The summed E-state index contributed by atoms with van der Waals surface area (Å²) in [6.07, 6.45) is 10.2. The van der Waals surface area contributed by atoms with Crippen molar-refractivity contribution < 1.29 is 9.18 Å². The highest BCUT2D eigenvalue weighted by molar-refractivity contribution is 6.42. The summed E-state index contributed by atoms with van der Waals surface area (Å²) >= 11 is 13.0. The molecule has 2 fully saturated rings. The van der Waals surface area contributed by atoms with Gasteiger partial charge in [-0.05, 0) is 98.5 Å². The number of aromatic amines is 1. The third-order valence-corrected chi connectivity index (χ3v) is 9.82. The van der Waals surface area contributed by atoms with E-state index in [1.807, 2.05) is 12.1 Å². The van der Waals surface area contributed by atoms with Crippen LogP contribution in [-0.4, -0.2) is 46.9 Å². The number of H-pyrrole nitrogens is 1. The van der Waals surface area contributed by atoms with Gasteiger partial charge in [-0.2, -0.15) is 0 Å². The highest BCUT2D eigenvalue weighted by atomic mass is 35.5. The number of piperidine rings is 1. The van der Waals surface area contributed by atoms with Crippen LogP contribution in [0.1, 0.15) is 73.6 Å². The highest BCUT2D eigenvalue weighted by Crippen LogP contribution is 2.41. The van der Waals surface area contributed by atoms with Crippen molar-refractivity contribution in [3.63, 3.8) is 0 Å². The van der Waals surface area contributed by atoms with Crippen molar-refractivity contribution in [3.8, 4) is 0 Å². The number of likely N-dealkylation sites (tertiary alicyclic amines) is 1. The summed E-state index contributed by atoms with van der Waals surface area (Å²) in [4.78, 5) is 21.5. The first-order valence-electron chi connectivity index (χ1n) is 13.8. The molecule has 37 heavy (non-hydrogen) atoms. The largest absolute Gasteiger partial charge is 0.361 e. The van der Waals surface area contributed by atoms with E-state index in [2.05, 4.69) is 27.0 Å². The Labute approximate surface area is 228 Å². The minimum atomic E-state index is -0.184. The number of carbonyl (C=O) groups excluding carboxylic acids is 1. The SMILES string of the molecule is O=C(C1CCCC1)N1CCc2c(ccc(Cl)c2Cl)C1CCN1CCC(c2c[nH]c3ccc(F)cc23)CC1. The van der Waals surface area contributed by atoms with Crippen molar-refractivity contribution in [2.45, 2.75) is 63.3 Å². The predicted molar refractivity (Wildman–Crippen MR) is 148 cm³/mol. The van der Waals surface area contributed by atoms with E-state index in [1.54, 1.807) is 6.07 Å². The van der Waals surface area contributed by atoms with Gasteiger partial charge in [-0.1, -0.05) is 42.1 Å². The molecule has 1 N–H and O–H groups in total. The molecule has 1 unspecified atom stereocenters. The van der Waals surface area contributed by atoms with Gasteiger partial charge in [-0.25, -0.2) is 4.39 Å². The fourth-order valence-electron chi connectivity index (χ4n) is 6.94. The molecule has 3 aromatic rings. The monoisotopic (exact) mass is 541 g/mol. The summed E-state index contributed by atoms with van der Waals surface area (Å²) in [5.74, 6) is 0.744. The van der Waals surface area contributed by atoms with Crippen LogP contribution in [0.25, 0.3) is 10.9 Å². The minimum Gasteiger partial charge on any atom is -0.361 e. The molecule has 2 aliphatic heterocycles. The molecule has 1 saturated heterocycles. The lowest BCUT2D eigenvalue weighted by Crippen LogP contribution is -2.44. The molecule has 3 heterocycles. The zero-order valence-electron chi connectivity index (χ0n) is 21.1. The van der Waals surface area contributed by atoms with E-state index < -0.39 is 0 Å². The third kappa shape index (κ3) is 4.91. The summed E-state index contributed by atoms with van der Waals surface area (Å²) in [6, 6.07) is 9.00. The van der Waals surface area contributed by atoms with Crippen LogP contribution in [0.3, 0.4) is 0 Å². The Morgan fingerprint density at radius 3 is 2.57 bits per heavy atom. The first kappa shape index (κ1) is 25.2. The number of nitrogens with one attached hydrogen (secondary N) is 1. The third-order valence-electron chi connectivity index (χ3n) is 8.98. The average molecular weight is 543 g/mol. The van der Waals surface area contributed by atoms with Crippen LogP contribution in [0.15, 0.2) is 36.5 Å². The number of rotatable bonds is 5. The van der Waals surface area contributed by atoms with Crippen LogP contribution >= 0.6 is 23.2 Å². The number of halogens is 3. The topological polar surface area (TPSA) is 39.3 Å². The molecule has 2 aromatic carbocycles. The maximum Gasteiger partial charge on any atom is 0.226 e. The molecule has 0 spiro atoms. The van der Waals surface area contributed by atoms with Gasteiger partial charge in [0, 0.05) is 36.1 Å². The Morgan fingerprint density at radius 2 is 1.78 bits per heavy atom. The summed E-state index contributed by atoms with van der Waals surface area (Å²) in [5, 5.41) is 2.25. The molecule has 1 saturated carbocycles. The molecular formula is C30H34Cl2FN3O. The molecule has 0 radical (unpaired) electrons. The minimum absolute atomic E-state index is 0.0425. The van der Waals surface area contributed by atoms with Crippen molar-refractivity contribution in [3.05, 3.63) is 69.1 Å². The Kier molecular flexibility index (Phi) is 7.22.